The number of carbonyl (C=O) groups excluding carboxylic acids is 1. The molecule has 0 radical (unpaired) electrons. The molecule has 2 N–H and O–H groups in total. The predicted molar refractivity (Wildman–Crippen MR) is 124 cm³/mol. The van der Waals surface area contributed by atoms with Gasteiger partial charge in [0.25, 0.3) is 0 Å². The zero-order valence-electron chi connectivity index (χ0n) is 18.6. The number of benzene rings is 2. The van der Waals surface area contributed by atoms with Crippen LogP contribution >= 0.6 is 0 Å². The van der Waals surface area contributed by atoms with Crippen LogP contribution in [-0.4, -0.2) is 47.7 Å². The van der Waals surface area contributed by atoms with E-state index >= 15 is 0 Å². The van der Waals surface area contributed by atoms with E-state index in [1.54, 1.807) is 0 Å². The van der Waals surface area contributed by atoms with Gasteiger partial charge in [0.1, 0.15) is 0 Å². The van der Waals surface area contributed by atoms with Crippen LogP contribution in [0.4, 0.5) is 0 Å². The first-order valence-electron chi connectivity index (χ1n) is 10.8. The van der Waals surface area contributed by atoms with Crippen LogP contribution in [-0.2, 0) is 11.2 Å². The van der Waals surface area contributed by atoms with E-state index in [0.29, 0.717) is 18.9 Å². The van der Waals surface area contributed by atoms with Gasteiger partial charge in [0.15, 0.2) is 0 Å². The molecule has 0 aliphatic rings. The molecule has 0 aliphatic heterocycles. The highest BCUT2D eigenvalue weighted by molar-refractivity contribution is 5.78. The van der Waals surface area contributed by atoms with Crippen LogP contribution in [0, 0.1) is 5.92 Å². The van der Waals surface area contributed by atoms with Gasteiger partial charge in [0.2, 0.25) is 5.91 Å². The second-order valence-corrected chi connectivity index (χ2v) is 8.86. The number of hydrogen-bond acceptors (Lipinski definition) is 3. The second kappa shape index (κ2) is 10.4. The van der Waals surface area contributed by atoms with E-state index in [9.17, 15) is 4.79 Å². The van der Waals surface area contributed by atoms with Gasteiger partial charge in [-0.1, -0.05) is 50.2 Å². The molecular formula is C25H34N4O. The van der Waals surface area contributed by atoms with E-state index in [4.69, 9.17) is 0 Å². The zero-order valence-corrected chi connectivity index (χ0v) is 18.6. The van der Waals surface area contributed by atoms with Crippen molar-refractivity contribution in [1.82, 2.24) is 20.4 Å². The van der Waals surface area contributed by atoms with E-state index in [2.05, 4.69) is 90.8 Å². The van der Waals surface area contributed by atoms with Crippen molar-refractivity contribution in [2.75, 3.05) is 20.6 Å². The molecule has 1 amide bonds. The topological polar surface area (TPSA) is 61.0 Å². The molecule has 30 heavy (non-hydrogen) atoms. The molecule has 0 bridgehead atoms. The van der Waals surface area contributed by atoms with Gasteiger partial charge in [-0.15, -0.1) is 0 Å². The number of fused-ring (bicyclic) bond motifs is 1. The van der Waals surface area contributed by atoms with Crippen LogP contribution in [0.1, 0.15) is 43.7 Å². The lowest BCUT2D eigenvalue weighted by Gasteiger charge is -2.26. The number of aromatic nitrogens is 2. The number of amides is 1. The Morgan fingerprint density at radius 3 is 2.60 bits per heavy atom. The van der Waals surface area contributed by atoms with Gasteiger partial charge in [0, 0.05) is 24.4 Å². The van der Waals surface area contributed by atoms with Gasteiger partial charge >= 0.3 is 0 Å². The maximum Gasteiger partial charge on any atom is 0.220 e. The SMILES string of the molecule is CC(C)C[C@H](CC(=O)NC[C@H](Cc1ccc2[nH]ncc2c1)N(C)C)c1ccccc1. The summed E-state index contributed by atoms with van der Waals surface area (Å²) >= 11 is 0. The molecule has 0 saturated carbocycles. The Morgan fingerprint density at radius 1 is 1.13 bits per heavy atom. The summed E-state index contributed by atoms with van der Waals surface area (Å²) in [6.07, 6.45) is 4.27. The van der Waals surface area contributed by atoms with Gasteiger partial charge in [-0.3, -0.25) is 9.89 Å². The number of hydrogen-bond donors (Lipinski definition) is 2. The van der Waals surface area contributed by atoms with Gasteiger partial charge in [0.05, 0.1) is 11.7 Å². The average Bonchev–Trinajstić information content (AvgIpc) is 3.18. The lowest BCUT2D eigenvalue weighted by Crippen LogP contribution is -2.41. The maximum atomic E-state index is 12.8. The molecule has 0 fully saturated rings. The van der Waals surface area contributed by atoms with Crippen LogP contribution < -0.4 is 5.32 Å². The Labute approximate surface area is 179 Å². The summed E-state index contributed by atoms with van der Waals surface area (Å²) in [5, 5.41) is 11.4. The molecule has 0 aliphatic carbocycles. The van der Waals surface area contributed by atoms with Crippen LogP contribution in [0.15, 0.2) is 54.7 Å². The molecule has 2 atom stereocenters. The van der Waals surface area contributed by atoms with Crippen LogP contribution in [0.25, 0.3) is 10.9 Å². The van der Waals surface area contributed by atoms with Crippen LogP contribution in [0.3, 0.4) is 0 Å². The summed E-state index contributed by atoms with van der Waals surface area (Å²) in [5.74, 6) is 0.935. The third-order valence-corrected chi connectivity index (χ3v) is 5.70. The highest BCUT2D eigenvalue weighted by Crippen LogP contribution is 2.27. The van der Waals surface area contributed by atoms with E-state index in [-0.39, 0.29) is 17.9 Å². The first kappa shape index (κ1) is 22.0. The predicted octanol–water partition coefficient (Wildman–Crippen LogP) is 4.37. The summed E-state index contributed by atoms with van der Waals surface area (Å²) < 4.78 is 0. The molecule has 160 valence electrons. The maximum absolute atomic E-state index is 12.8. The molecule has 5 heteroatoms. The van der Waals surface area contributed by atoms with Crippen molar-refractivity contribution in [3.05, 3.63) is 65.9 Å². The second-order valence-electron chi connectivity index (χ2n) is 8.86. The van der Waals surface area contributed by atoms with Gasteiger partial charge in [-0.2, -0.15) is 5.10 Å². The number of likely N-dealkylation sites (N-methyl/N-ethyl adjacent to an activating group) is 1. The number of aromatic amines is 1. The average molecular weight is 407 g/mol. The Bertz CT molecular complexity index is 932. The van der Waals surface area contributed by atoms with E-state index in [0.717, 1.165) is 23.7 Å². The van der Waals surface area contributed by atoms with Crippen molar-refractivity contribution in [3.8, 4) is 0 Å². The minimum absolute atomic E-state index is 0.127. The highest BCUT2D eigenvalue weighted by Gasteiger charge is 2.19. The third kappa shape index (κ3) is 6.17. The van der Waals surface area contributed by atoms with Gasteiger partial charge in [-0.05, 0) is 62.0 Å². The first-order valence-corrected chi connectivity index (χ1v) is 10.8. The normalized spacial score (nSPS) is 13.7. The highest BCUT2D eigenvalue weighted by atomic mass is 16.1. The number of H-pyrrole nitrogens is 1. The molecule has 0 unspecified atom stereocenters. The van der Waals surface area contributed by atoms with Crippen molar-refractivity contribution in [3.63, 3.8) is 0 Å². The van der Waals surface area contributed by atoms with Crippen molar-refractivity contribution < 1.29 is 4.79 Å². The fourth-order valence-electron chi connectivity index (χ4n) is 3.99. The molecular weight excluding hydrogens is 372 g/mol. The molecule has 0 spiro atoms. The minimum atomic E-state index is 0.127. The molecule has 5 nitrogen and oxygen atoms in total. The molecule has 1 aromatic heterocycles. The van der Waals surface area contributed by atoms with E-state index < -0.39 is 0 Å². The quantitative estimate of drug-likeness (QED) is 0.525. The smallest absolute Gasteiger partial charge is 0.220 e. The summed E-state index contributed by atoms with van der Waals surface area (Å²) in [7, 11) is 4.14. The number of rotatable bonds is 10. The Morgan fingerprint density at radius 2 is 1.90 bits per heavy atom. The standard InChI is InChI=1S/C25H34N4O/c1-18(2)12-21(20-8-6-5-7-9-20)15-25(30)26-17-23(29(3)4)14-19-10-11-24-22(13-19)16-27-28-24/h5-11,13,16,18,21,23H,12,14-15,17H2,1-4H3,(H,26,30)(H,27,28)/t21-,23+/m1/s1. The summed E-state index contributed by atoms with van der Waals surface area (Å²) in [5.41, 5.74) is 3.54. The van der Waals surface area contributed by atoms with Crippen molar-refractivity contribution in [1.29, 1.82) is 0 Å². The molecule has 1 heterocycles. The van der Waals surface area contributed by atoms with Crippen LogP contribution in [0.2, 0.25) is 0 Å². The first-order chi connectivity index (χ1) is 14.4. The summed E-state index contributed by atoms with van der Waals surface area (Å²) in [6, 6.07) is 17.0. The van der Waals surface area contributed by atoms with Crippen LogP contribution in [0.5, 0.6) is 0 Å². The lowest BCUT2D eigenvalue weighted by atomic mass is 9.87. The van der Waals surface area contributed by atoms with Gasteiger partial charge in [-0.25, -0.2) is 0 Å². The fraction of sp³-hybridized carbons (Fsp3) is 0.440. The summed E-state index contributed by atoms with van der Waals surface area (Å²) in [6.45, 7) is 5.07. The van der Waals surface area contributed by atoms with Crippen molar-refractivity contribution in [2.45, 2.75) is 45.1 Å². The largest absolute Gasteiger partial charge is 0.355 e. The van der Waals surface area contributed by atoms with E-state index in [1.165, 1.54) is 11.1 Å². The van der Waals surface area contributed by atoms with Crippen molar-refractivity contribution in [2.24, 2.45) is 5.92 Å². The minimum Gasteiger partial charge on any atom is -0.355 e. The number of nitrogens with zero attached hydrogens (tertiary/aromatic N) is 2. The lowest BCUT2D eigenvalue weighted by molar-refractivity contribution is -0.121. The van der Waals surface area contributed by atoms with Crippen molar-refractivity contribution >= 4 is 16.8 Å². The Balaban J connectivity index is 1.59. The molecule has 3 rings (SSSR count). The Hall–Kier alpha value is -2.66. The number of nitrogens with one attached hydrogen (secondary N) is 2. The monoisotopic (exact) mass is 406 g/mol. The zero-order chi connectivity index (χ0) is 21.5. The van der Waals surface area contributed by atoms with Gasteiger partial charge < -0.3 is 10.2 Å². The molecule has 2 aromatic carbocycles. The Kier molecular flexibility index (Phi) is 7.63. The fourth-order valence-corrected chi connectivity index (χ4v) is 3.99. The number of carbonyl (C=O) groups is 1. The molecule has 3 aromatic rings. The molecule has 0 saturated heterocycles. The van der Waals surface area contributed by atoms with E-state index in [1.807, 2.05) is 12.3 Å². The summed E-state index contributed by atoms with van der Waals surface area (Å²) in [4.78, 5) is 15.0. The third-order valence-electron chi connectivity index (χ3n) is 5.70.